The monoisotopic (exact) mass is 539 g/mol. The highest BCUT2D eigenvalue weighted by atomic mass is 19.2. The maximum absolute atomic E-state index is 15.4. The van der Waals surface area contributed by atoms with Crippen LogP contribution in [-0.4, -0.2) is 35.4 Å². The smallest absolute Gasteiger partial charge is 0.266 e. The summed E-state index contributed by atoms with van der Waals surface area (Å²) < 4.78 is 38.6. The van der Waals surface area contributed by atoms with Gasteiger partial charge in [0.25, 0.3) is 5.56 Å². The van der Waals surface area contributed by atoms with Gasteiger partial charge in [-0.2, -0.15) is 9.49 Å². The Hall–Kier alpha value is -5.19. The summed E-state index contributed by atoms with van der Waals surface area (Å²) in [6, 6.07) is 18.8. The second kappa shape index (κ2) is 9.84. The minimum absolute atomic E-state index is 0.0272. The van der Waals surface area contributed by atoms with Gasteiger partial charge in [0.1, 0.15) is 30.2 Å². The molecule has 9 nitrogen and oxygen atoms in total. The number of para-hydroxylation sites is 2. The minimum Gasteiger partial charge on any atom is -0.488 e. The highest BCUT2D eigenvalue weighted by Gasteiger charge is 2.24. The summed E-state index contributed by atoms with van der Waals surface area (Å²) in [6.45, 7) is 3.41. The minimum atomic E-state index is -1.14. The van der Waals surface area contributed by atoms with Gasteiger partial charge < -0.3 is 10.5 Å². The summed E-state index contributed by atoms with van der Waals surface area (Å²) >= 11 is 0. The SMILES string of the molecule is CC(C)Oc1ccc(-c2nn(Cc3nc4ccccc4c(=O)n3-c3ccccc3)c3ncnc(N)c23)c(F)c1F. The molecule has 0 bridgehead atoms. The third kappa shape index (κ3) is 4.21. The number of hydrogen-bond donors (Lipinski definition) is 1. The van der Waals surface area contributed by atoms with Crippen molar-refractivity contribution in [3.63, 3.8) is 0 Å². The van der Waals surface area contributed by atoms with Crippen molar-refractivity contribution >= 4 is 27.8 Å². The van der Waals surface area contributed by atoms with Crippen molar-refractivity contribution in [2.45, 2.75) is 26.5 Å². The summed E-state index contributed by atoms with van der Waals surface area (Å²) in [7, 11) is 0. The average Bonchev–Trinajstić information content (AvgIpc) is 3.31. The normalized spacial score (nSPS) is 11.5. The number of aromatic nitrogens is 6. The van der Waals surface area contributed by atoms with Gasteiger partial charge >= 0.3 is 0 Å². The van der Waals surface area contributed by atoms with E-state index >= 15 is 4.39 Å². The molecule has 0 saturated heterocycles. The van der Waals surface area contributed by atoms with Crippen molar-refractivity contribution in [2.24, 2.45) is 0 Å². The molecule has 0 saturated carbocycles. The first-order chi connectivity index (χ1) is 19.3. The number of hydrogen-bond acceptors (Lipinski definition) is 7. The van der Waals surface area contributed by atoms with E-state index in [0.717, 1.165) is 0 Å². The van der Waals surface area contributed by atoms with Crippen molar-refractivity contribution in [1.82, 2.24) is 29.3 Å². The van der Waals surface area contributed by atoms with Crippen LogP contribution in [-0.2, 0) is 6.54 Å². The number of anilines is 1. The van der Waals surface area contributed by atoms with Crippen molar-refractivity contribution in [3.05, 3.63) is 101 Å². The number of nitrogens with zero attached hydrogens (tertiary/aromatic N) is 6. The lowest BCUT2D eigenvalue weighted by Gasteiger charge is -2.14. The van der Waals surface area contributed by atoms with Crippen LogP contribution in [0.2, 0.25) is 0 Å². The molecule has 3 heterocycles. The molecule has 0 unspecified atom stereocenters. The van der Waals surface area contributed by atoms with E-state index in [1.807, 2.05) is 18.2 Å². The van der Waals surface area contributed by atoms with Crippen molar-refractivity contribution in [2.75, 3.05) is 5.73 Å². The van der Waals surface area contributed by atoms with Gasteiger partial charge in [-0.05, 0) is 50.2 Å². The lowest BCUT2D eigenvalue weighted by molar-refractivity contribution is 0.228. The molecule has 2 N–H and O–H groups in total. The van der Waals surface area contributed by atoms with E-state index in [1.54, 1.807) is 50.2 Å². The van der Waals surface area contributed by atoms with Crippen molar-refractivity contribution in [3.8, 4) is 22.7 Å². The molecule has 200 valence electrons. The second-order valence-corrected chi connectivity index (χ2v) is 9.39. The van der Waals surface area contributed by atoms with Gasteiger partial charge in [-0.3, -0.25) is 9.36 Å². The Morgan fingerprint density at radius 3 is 2.48 bits per heavy atom. The third-order valence-corrected chi connectivity index (χ3v) is 6.37. The third-order valence-electron chi connectivity index (χ3n) is 6.37. The molecule has 6 rings (SSSR count). The Kier molecular flexibility index (Phi) is 6.18. The number of ether oxygens (including phenoxy) is 1. The fourth-order valence-corrected chi connectivity index (χ4v) is 4.65. The molecule has 0 spiro atoms. The Morgan fingerprint density at radius 2 is 1.70 bits per heavy atom. The predicted octanol–water partition coefficient (Wildman–Crippen LogP) is 4.89. The Bertz CT molecular complexity index is 1950. The molecule has 0 atom stereocenters. The van der Waals surface area contributed by atoms with Crippen LogP contribution in [0.4, 0.5) is 14.6 Å². The zero-order valence-electron chi connectivity index (χ0n) is 21.5. The first kappa shape index (κ1) is 25.1. The zero-order valence-corrected chi connectivity index (χ0v) is 21.5. The van der Waals surface area contributed by atoms with Gasteiger partial charge in [-0.1, -0.05) is 30.3 Å². The van der Waals surface area contributed by atoms with E-state index in [9.17, 15) is 9.18 Å². The first-order valence-electron chi connectivity index (χ1n) is 12.5. The number of rotatable bonds is 6. The number of benzene rings is 3. The van der Waals surface area contributed by atoms with Crippen LogP contribution in [0.25, 0.3) is 38.9 Å². The average molecular weight is 540 g/mol. The van der Waals surface area contributed by atoms with E-state index in [1.165, 1.54) is 27.7 Å². The van der Waals surface area contributed by atoms with E-state index in [2.05, 4.69) is 15.1 Å². The van der Waals surface area contributed by atoms with Gasteiger partial charge in [-0.25, -0.2) is 24.0 Å². The van der Waals surface area contributed by atoms with Crippen LogP contribution in [0.15, 0.2) is 77.9 Å². The quantitative estimate of drug-likeness (QED) is 0.321. The van der Waals surface area contributed by atoms with Gasteiger partial charge in [0, 0.05) is 5.56 Å². The molecule has 40 heavy (non-hydrogen) atoms. The number of halogens is 2. The van der Waals surface area contributed by atoms with E-state index < -0.39 is 11.6 Å². The number of nitrogen functional groups attached to an aromatic ring is 1. The highest BCUT2D eigenvalue weighted by molar-refractivity contribution is 5.98. The molecule has 3 aromatic heterocycles. The van der Waals surface area contributed by atoms with Crippen molar-refractivity contribution < 1.29 is 13.5 Å². The van der Waals surface area contributed by atoms with Crippen LogP contribution >= 0.6 is 0 Å². The molecule has 11 heteroatoms. The summed E-state index contributed by atoms with van der Waals surface area (Å²) in [5, 5.41) is 5.28. The zero-order chi connectivity index (χ0) is 28.0. The van der Waals surface area contributed by atoms with E-state index in [-0.39, 0.29) is 52.1 Å². The molecule has 0 aliphatic rings. The lowest BCUT2D eigenvalue weighted by atomic mass is 10.1. The standard InChI is InChI=1S/C29H23F2N7O2/c1-16(2)40-21-13-12-19(24(30)25(21)31)26-23-27(32)33-15-34-28(23)37(36-26)14-22-35-20-11-7-6-10-18(20)29(39)38(22)17-8-4-3-5-9-17/h3-13,15-16H,14H2,1-2H3,(H2,32,33,34). The Balaban J connectivity index is 1.56. The van der Waals surface area contributed by atoms with Crippen molar-refractivity contribution in [1.29, 1.82) is 0 Å². The number of fused-ring (bicyclic) bond motifs is 2. The van der Waals surface area contributed by atoms with Gasteiger partial charge in [0.05, 0.1) is 28.1 Å². The molecule has 0 aliphatic heterocycles. The van der Waals surface area contributed by atoms with Crippen LogP contribution in [0.5, 0.6) is 5.75 Å². The van der Waals surface area contributed by atoms with Gasteiger partial charge in [0.2, 0.25) is 5.82 Å². The molecule has 0 aliphatic carbocycles. The summed E-state index contributed by atoms with van der Waals surface area (Å²) in [6.07, 6.45) is 0.911. The number of nitrogens with two attached hydrogens (primary N) is 1. The topological polar surface area (TPSA) is 114 Å². The van der Waals surface area contributed by atoms with Crippen LogP contribution in [0.3, 0.4) is 0 Å². The van der Waals surface area contributed by atoms with E-state index in [0.29, 0.717) is 22.4 Å². The van der Waals surface area contributed by atoms with Crippen LogP contribution < -0.4 is 16.0 Å². The first-order valence-corrected chi connectivity index (χ1v) is 12.5. The summed E-state index contributed by atoms with van der Waals surface area (Å²) in [4.78, 5) is 26.8. The van der Waals surface area contributed by atoms with Gasteiger partial charge in [-0.15, -0.1) is 0 Å². The van der Waals surface area contributed by atoms with Crippen LogP contribution in [0, 0.1) is 11.6 Å². The molecular formula is C29H23F2N7O2. The second-order valence-electron chi connectivity index (χ2n) is 9.39. The summed E-state index contributed by atoms with van der Waals surface area (Å²) in [5.74, 6) is -2.09. The molecular weight excluding hydrogens is 516 g/mol. The Morgan fingerprint density at radius 1 is 0.950 bits per heavy atom. The molecule has 0 radical (unpaired) electrons. The summed E-state index contributed by atoms with van der Waals surface area (Å²) in [5.41, 5.74) is 7.24. The maximum Gasteiger partial charge on any atom is 0.266 e. The largest absolute Gasteiger partial charge is 0.488 e. The molecule has 0 fully saturated rings. The molecule has 0 amide bonds. The van der Waals surface area contributed by atoms with E-state index in [4.69, 9.17) is 15.5 Å². The van der Waals surface area contributed by atoms with Crippen LogP contribution in [0.1, 0.15) is 19.7 Å². The molecule has 3 aromatic carbocycles. The lowest BCUT2D eigenvalue weighted by Crippen LogP contribution is -2.25. The Labute approximate surface area is 226 Å². The highest BCUT2D eigenvalue weighted by Crippen LogP contribution is 2.35. The maximum atomic E-state index is 15.4. The molecule has 6 aromatic rings. The van der Waals surface area contributed by atoms with Gasteiger partial charge in [0.15, 0.2) is 17.2 Å². The predicted molar refractivity (Wildman–Crippen MR) is 147 cm³/mol. The fraction of sp³-hybridized carbons (Fsp3) is 0.138. The fourth-order valence-electron chi connectivity index (χ4n) is 4.65.